The Balaban J connectivity index is 2.13. The monoisotopic (exact) mass is 286 g/mol. The lowest BCUT2D eigenvalue weighted by atomic mass is 10.5. The van der Waals surface area contributed by atoms with Gasteiger partial charge in [0.05, 0.1) is 4.21 Å². The summed E-state index contributed by atoms with van der Waals surface area (Å²) in [6.07, 6.45) is 1.01. The van der Waals surface area contributed by atoms with Crippen LogP contribution in [0.15, 0.2) is 26.9 Å². The molecule has 0 radical (unpaired) electrons. The van der Waals surface area contributed by atoms with Gasteiger partial charge in [0.15, 0.2) is 5.16 Å². The molecule has 4 nitrogen and oxygen atoms in total. The molecule has 1 N–H and O–H groups in total. The average Bonchev–Trinajstić information content (AvgIpc) is 2.78. The number of anilines is 1. The summed E-state index contributed by atoms with van der Waals surface area (Å²) >= 11 is 8.99. The van der Waals surface area contributed by atoms with Gasteiger partial charge in [-0.25, -0.2) is 0 Å². The molecule has 0 aliphatic heterocycles. The quantitative estimate of drug-likeness (QED) is 0.911. The fourth-order valence-electron chi connectivity index (χ4n) is 1.10. The summed E-state index contributed by atoms with van der Waals surface area (Å²) in [5, 5.41) is 5.95. The van der Waals surface area contributed by atoms with Crippen LogP contribution in [0.4, 0.5) is 5.95 Å². The van der Waals surface area contributed by atoms with Crippen LogP contribution in [-0.2, 0) is 0 Å². The van der Waals surface area contributed by atoms with E-state index in [1.54, 1.807) is 11.3 Å². The molecule has 0 spiro atoms. The number of nitrogens with zero attached hydrogens (tertiary/aromatic N) is 3. The van der Waals surface area contributed by atoms with Crippen LogP contribution >= 0.6 is 34.7 Å². The maximum Gasteiger partial charge on any atom is 0.228 e. The molecule has 2 heterocycles. The van der Waals surface area contributed by atoms with Gasteiger partial charge in [0.25, 0.3) is 0 Å². The summed E-state index contributed by atoms with van der Waals surface area (Å²) in [6, 6.07) is 4.01. The van der Waals surface area contributed by atoms with E-state index < -0.39 is 0 Å². The smallest absolute Gasteiger partial charge is 0.228 e. The minimum Gasteiger partial charge on any atom is -0.354 e. The second kappa shape index (κ2) is 6.18. The van der Waals surface area contributed by atoms with E-state index in [1.807, 2.05) is 17.5 Å². The topological polar surface area (TPSA) is 50.7 Å². The summed E-state index contributed by atoms with van der Waals surface area (Å²) in [6.45, 7) is 2.90. The second-order valence-corrected chi connectivity index (χ2v) is 5.72. The van der Waals surface area contributed by atoms with E-state index >= 15 is 0 Å². The van der Waals surface area contributed by atoms with Gasteiger partial charge in [-0.1, -0.05) is 13.0 Å². The van der Waals surface area contributed by atoms with Crippen LogP contribution in [0.3, 0.4) is 0 Å². The Labute approximate surface area is 113 Å². The highest BCUT2D eigenvalue weighted by molar-refractivity contribution is 8.01. The van der Waals surface area contributed by atoms with E-state index in [1.165, 1.54) is 11.8 Å². The molecule has 0 aromatic carbocycles. The molecule has 0 atom stereocenters. The van der Waals surface area contributed by atoms with Crippen LogP contribution < -0.4 is 5.32 Å². The summed E-state index contributed by atoms with van der Waals surface area (Å²) in [5.41, 5.74) is 0. The maximum absolute atomic E-state index is 5.86. The first-order chi connectivity index (χ1) is 8.28. The van der Waals surface area contributed by atoms with E-state index in [-0.39, 0.29) is 5.28 Å². The molecular formula is C10H11ClN4S2. The predicted molar refractivity (Wildman–Crippen MR) is 72.1 cm³/mol. The normalized spacial score (nSPS) is 10.5. The van der Waals surface area contributed by atoms with Crippen molar-refractivity contribution in [2.24, 2.45) is 0 Å². The van der Waals surface area contributed by atoms with Gasteiger partial charge in [-0.3, -0.25) is 0 Å². The van der Waals surface area contributed by atoms with Gasteiger partial charge in [0.2, 0.25) is 11.2 Å². The summed E-state index contributed by atoms with van der Waals surface area (Å²) < 4.78 is 1.13. The lowest BCUT2D eigenvalue weighted by molar-refractivity contribution is 0.878. The molecule has 90 valence electrons. The van der Waals surface area contributed by atoms with Gasteiger partial charge < -0.3 is 5.32 Å². The highest BCUT2D eigenvalue weighted by Gasteiger charge is 2.06. The number of halogens is 1. The Morgan fingerprint density at radius 1 is 1.41 bits per heavy atom. The minimum atomic E-state index is 0.220. The van der Waals surface area contributed by atoms with Crippen molar-refractivity contribution in [2.75, 3.05) is 11.9 Å². The van der Waals surface area contributed by atoms with Crippen molar-refractivity contribution in [1.29, 1.82) is 0 Å². The molecule has 0 saturated heterocycles. The SMILES string of the molecule is CCCNc1nc(Cl)nc(Sc2cccs2)n1. The molecule has 2 aromatic rings. The van der Waals surface area contributed by atoms with E-state index in [2.05, 4.69) is 27.2 Å². The fraction of sp³-hybridized carbons (Fsp3) is 0.300. The summed E-state index contributed by atoms with van der Waals surface area (Å²) in [7, 11) is 0. The van der Waals surface area contributed by atoms with Crippen LogP contribution in [0.2, 0.25) is 5.28 Å². The van der Waals surface area contributed by atoms with Crippen LogP contribution in [0.5, 0.6) is 0 Å². The molecule has 7 heteroatoms. The van der Waals surface area contributed by atoms with Crippen LogP contribution in [-0.4, -0.2) is 21.5 Å². The third kappa shape index (κ3) is 3.83. The lowest BCUT2D eigenvalue weighted by Crippen LogP contribution is -2.06. The zero-order chi connectivity index (χ0) is 12.1. The number of hydrogen-bond donors (Lipinski definition) is 1. The zero-order valence-corrected chi connectivity index (χ0v) is 11.6. The van der Waals surface area contributed by atoms with E-state index in [0.717, 1.165) is 17.2 Å². The fourth-order valence-corrected chi connectivity index (χ4v) is 2.94. The van der Waals surface area contributed by atoms with Gasteiger partial charge in [-0.2, -0.15) is 15.0 Å². The van der Waals surface area contributed by atoms with Gasteiger partial charge in [-0.05, 0) is 41.2 Å². The molecule has 0 aliphatic rings. The molecule has 0 amide bonds. The molecule has 0 unspecified atom stereocenters. The molecule has 17 heavy (non-hydrogen) atoms. The van der Waals surface area contributed by atoms with Gasteiger partial charge >= 0.3 is 0 Å². The molecular weight excluding hydrogens is 276 g/mol. The molecule has 0 aliphatic carbocycles. The lowest BCUT2D eigenvalue weighted by Gasteiger charge is -2.04. The van der Waals surface area contributed by atoms with Crippen molar-refractivity contribution >= 4 is 40.6 Å². The molecule has 0 fully saturated rings. The number of hydrogen-bond acceptors (Lipinski definition) is 6. The maximum atomic E-state index is 5.86. The Morgan fingerprint density at radius 3 is 3.00 bits per heavy atom. The van der Waals surface area contributed by atoms with Crippen LogP contribution in [0.1, 0.15) is 13.3 Å². The van der Waals surface area contributed by atoms with Crippen molar-refractivity contribution in [3.05, 3.63) is 22.8 Å². The third-order valence-electron chi connectivity index (χ3n) is 1.81. The van der Waals surface area contributed by atoms with E-state index in [9.17, 15) is 0 Å². The van der Waals surface area contributed by atoms with Crippen molar-refractivity contribution in [3.63, 3.8) is 0 Å². The zero-order valence-electron chi connectivity index (χ0n) is 9.18. The average molecular weight is 287 g/mol. The van der Waals surface area contributed by atoms with Gasteiger partial charge in [0.1, 0.15) is 0 Å². The van der Waals surface area contributed by atoms with E-state index in [4.69, 9.17) is 11.6 Å². The first kappa shape index (κ1) is 12.6. The first-order valence-corrected chi connectivity index (χ1v) is 7.22. The first-order valence-electron chi connectivity index (χ1n) is 5.14. The van der Waals surface area contributed by atoms with Crippen molar-refractivity contribution in [1.82, 2.24) is 15.0 Å². The third-order valence-corrected chi connectivity index (χ3v) is 3.88. The number of aromatic nitrogens is 3. The standard InChI is InChI=1S/C10H11ClN4S2/c1-2-5-12-9-13-8(11)14-10(15-9)17-7-4-3-6-16-7/h3-4,6H,2,5H2,1H3,(H,12,13,14,15). The Hall–Kier alpha value is -0.850. The number of rotatable bonds is 5. The van der Waals surface area contributed by atoms with Gasteiger partial charge in [0, 0.05) is 6.54 Å². The Morgan fingerprint density at radius 2 is 2.29 bits per heavy atom. The van der Waals surface area contributed by atoms with Gasteiger partial charge in [-0.15, -0.1) is 11.3 Å². The van der Waals surface area contributed by atoms with Crippen LogP contribution in [0.25, 0.3) is 0 Å². The second-order valence-electron chi connectivity index (χ2n) is 3.17. The molecule has 0 saturated carbocycles. The summed E-state index contributed by atoms with van der Waals surface area (Å²) in [4.78, 5) is 12.4. The Kier molecular flexibility index (Phi) is 4.58. The molecule has 2 rings (SSSR count). The van der Waals surface area contributed by atoms with Crippen molar-refractivity contribution < 1.29 is 0 Å². The Bertz CT molecular complexity index is 475. The van der Waals surface area contributed by atoms with E-state index in [0.29, 0.717) is 11.1 Å². The predicted octanol–water partition coefficient (Wildman–Crippen LogP) is 3.56. The molecule has 0 bridgehead atoms. The highest BCUT2D eigenvalue weighted by atomic mass is 35.5. The molecule has 2 aromatic heterocycles. The summed E-state index contributed by atoms with van der Waals surface area (Å²) in [5.74, 6) is 0.533. The minimum absolute atomic E-state index is 0.220. The number of thiophene rings is 1. The number of nitrogens with one attached hydrogen (secondary N) is 1. The van der Waals surface area contributed by atoms with Crippen molar-refractivity contribution in [3.8, 4) is 0 Å². The highest BCUT2D eigenvalue weighted by Crippen LogP contribution is 2.29. The van der Waals surface area contributed by atoms with Crippen LogP contribution in [0, 0.1) is 0 Å². The van der Waals surface area contributed by atoms with Crippen molar-refractivity contribution in [2.45, 2.75) is 22.7 Å². The largest absolute Gasteiger partial charge is 0.354 e.